The van der Waals surface area contributed by atoms with Gasteiger partial charge < -0.3 is 0 Å². The first-order chi connectivity index (χ1) is 0. The largest absolute Gasteiger partial charge is 1.00 e. The zero-order valence-electron chi connectivity index (χ0n) is 117. The molecule has 121 heavy (non-hydrogen) atoms. The Morgan fingerprint density at radius 1 is 0.0165 bits per heavy atom. The van der Waals surface area contributed by atoms with E-state index in [9.17, 15) is 0 Å². The molecule has 0 aromatic carbocycles. The van der Waals surface area contributed by atoms with Crippen LogP contribution in [0.3, 0.4) is 0 Å². The molecule has 0 radical (unpaired) electrons. The summed E-state index contributed by atoms with van der Waals surface area (Å²) in [6.45, 7) is 0. The molecule has 0 saturated heterocycles. The van der Waals surface area contributed by atoms with E-state index in [4.69, 9.17) is 0 Å². The minimum absolute atomic E-state index is 0. The smallest absolute Gasteiger partial charge is 0.147 e. The minimum Gasteiger partial charge on any atom is -0.147 e. The van der Waals surface area contributed by atoms with Gasteiger partial charge in [0.05, 0.1) is 0 Å². The zero-order valence-corrected chi connectivity index (χ0v) is 351. The van der Waals surface area contributed by atoms with Gasteiger partial charge in [-0.1, -0.05) is 0 Å². The van der Waals surface area contributed by atoms with Crippen molar-refractivity contribution in [1.82, 2.24) is 0 Å². The first-order valence-corrected chi connectivity index (χ1v) is 0. The van der Waals surface area contributed by atoms with Gasteiger partial charge in [0.1, 0.15) is 0 Å². The average molecular weight is 2880 g/mol. The Labute approximate surface area is 3330 Å². The van der Waals surface area contributed by atoms with Gasteiger partial charge in [-0.25, -0.2) is 0 Å². The second-order valence-corrected chi connectivity index (χ2v) is 0. The second kappa shape index (κ2) is 968. The molecule has 0 atom stereocenters. The molecular formula is H7Cl7Na114+114. The van der Waals surface area contributed by atoms with Crippen LogP contribution >= 0.6 is 86.8 Å². The first kappa shape index (κ1) is 981. The third-order valence-corrected chi connectivity index (χ3v) is 0. The quantitative estimate of drug-likeness (QED) is 0.212. The van der Waals surface area contributed by atoms with Gasteiger partial charge in [0.2, 0.25) is 0 Å². The Morgan fingerprint density at radius 2 is 0.0165 bits per heavy atom. The molecule has 0 aliphatic rings. The maximum atomic E-state index is 0. The van der Waals surface area contributed by atoms with Crippen molar-refractivity contribution in [3.05, 3.63) is 0 Å². The van der Waals surface area contributed by atoms with Crippen LogP contribution < -0.4 is 3370 Å². The van der Waals surface area contributed by atoms with Crippen molar-refractivity contribution in [2.75, 3.05) is 0 Å². The van der Waals surface area contributed by atoms with Crippen LogP contribution in [0.2, 0.25) is 0 Å². The van der Waals surface area contributed by atoms with Crippen LogP contribution in [0, 0.1) is 0 Å². The molecule has 0 nitrogen and oxygen atoms in total. The molecule has 0 bridgehead atoms. The molecule has 0 unspecified atom stereocenters. The van der Waals surface area contributed by atoms with Gasteiger partial charge in [0.15, 0.2) is 0 Å². The first-order valence-electron chi connectivity index (χ1n) is 0. The van der Waals surface area contributed by atoms with E-state index < -0.39 is 0 Å². The van der Waals surface area contributed by atoms with Crippen LogP contribution in [0.25, 0.3) is 0 Å². The SMILES string of the molecule is Cl.Cl.Cl.Cl.Cl.Cl.Cl.[Na+].[Na+].[Na+].[Na+].[Na+].[Na+].[Na+].[Na+].[Na+].[Na+].[Na+].[Na+].[Na+].[Na+].[Na+].[Na+].[Na+].[Na+].[Na+].[Na+].[Na+].[Na+].[Na+].[Na+].[Na+].[Na+].[Na+].[Na+].[Na+].[Na+].[Na+].[Na+].[Na+].[Na+].[Na+].[Na+].[Na+].[Na+].[Na+].[Na+].[Na+].[Na+].[Na+].[Na+].[Na+].[Na+].[Na+].[Na+].[Na+].[Na+].[Na+].[Na+].[Na+].[Na+].[Na+].[Na+].[Na+].[Na+].[Na+].[Na+].[Na+].[Na+].[Na+].[Na+].[Na+].[Na+].[Na+].[Na+].[Na+].[Na+].[Na+].[Na+].[Na+].[Na+].[Na+].[Na+].[Na+].[Na+].[Na+].[Na+].[Na+].[Na+].[Na+].[Na+].[Na+].[Na+].[Na+].[Na+].[Na+].[Na+].[Na+].[Na+].[Na+].[Na+].[Na+].[Na+].[Na+].[Na+].[Na+].[Na+].[Na+].[Na+].[Na+].[Na+].[Na+].[Na+].[Na+].[Na+].[Na+].[Na+].[Na+].[Na+].[Na+].[Na+]. The summed E-state index contributed by atoms with van der Waals surface area (Å²) in [5, 5.41) is 0. The molecule has 0 N–H and O–H groups in total. The van der Waals surface area contributed by atoms with Crippen molar-refractivity contribution in [2.45, 2.75) is 0 Å². The third kappa shape index (κ3) is 960. The van der Waals surface area contributed by atoms with Crippen molar-refractivity contribution >= 4 is 86.8 Å². The van der Waals surface area contributed by atoms with Gasteiger partial charge >= 0.3 is 3370 Å². The summed E-state index contributed by atoms with van der Waals surface area (Å²) in [7, 11) is 0. The summed E-state index contributed by atoms with van der Waals surface area (Å²) in [5.41, 5.74) is 0. The van der Waals surface area contributed by atoms with Crippen LogP contribution in [-0.2, 0) is 0 Å². The van der Waals surface area contributed by atoms with Crippen LogP contribution in [-0.4, -0.2) is 0 Å². The Kier molecular flexibility index (Phi) is 7850. The minimum atomic E-state index is 0. The van der Waals surface area contributed by atoms with Crippen LogP contribution in [0.4, 0.5) is 0 Å². The van der Waals surface area contributed by atoms with Crippen molar-refractivity contribution in [2.24, 2.45) is 0 Å². The van der Waals surface area contributed by atoms with Crippen LogP contribution in [0.5, 0.6) is 0 Å². The number of rotatable bonds is 0. The van der Waals surface area contributed by atoms with E-state index in [1.165, 1.54) is 0 Å². The predicted octanol–water partition coefficient (Wildman–Crippen LogP) is -339. The normalized spacial score (nSPS) is 0. The summed E-state index contributed by atoms with van der Waals surface area (Å²) in [6, 6.07) is 0. The van der Waals surface area contributed by atoms with Gasteiger partial charge in [-0.05, 0) is 0 Å². The molecule has 121 heteroatoms. The summed E-state index contributed by atoms with van der Waals surface area (Å²) in [6.07, 6.45) is 0. The molecule has 56 valence electrons. The van der Waals surface area contributed by atoms with Crippen LogP contribution in [0.15, 0.2) is 0 Å². The van der Waals surface area contributed by atoms with Gasteiger partial charge in [-0.3, -0.25) is 0 Å². The molecule has 0 heterocycles. The molecule has 0 amide bonds. The van der Waals surface area contributed by atoms with Crippen molar-refractivity contribution < 1.29 is 3370 Å². The summed E-state index contributed by atoms with van der Waals surface area (Å²) < 4.78 is 0. The topological polar surface area (TPSA) is 0 Å². The van der Waals surface area contributed by atoms with E-state index >= 15 is 0 Å². The Morgan fingerprint density at radius 3 is 0.0165 bits per heavy atom. The third-order valence-electron chi connectivity index (χ3n) is 0. The van der Waals surface area contributed by atoms with Gasteiger partial charge in [-0.2, -0.15) is 0 Å². The van der Waals surface area contributed by atoms with Crippen molar-refractivity contribution in [1.29, 1.82) is 0 Å². The van der Waals surface area contributed by atoms with Crippen molar-refractivity contribution in [3.63, 3.8) is 0 Å². The number of hydrogen-bond donors (Lipinski definition) is 0. The monoisotopic (exact) mass is 2870 g/mol. The van der Waals surface area contributed by atoms with Crippen molar-refractivity contribution in [3.8, 4) is 0 Å². The fraction of sp³-hybridized carbons (Fsp3) is 0. The summed E-state index contributed by atoms with van der Waals surface area (Å²) in [5.74, 6) is 0. The number of halogens is 7. The molecule has 0 aromatic heterocycles. The zero-order chi connectivity index (χ0) is 0. The molecule has 0 saturated carbocycles. The molecule has 0 aromatic rings. The van der Waals surface area contributed by atoms with E-state index in [1.54, 1.807) is 0 Å². The fourth-order valence-electron chi connectivity index (χ4n) is 0. The maximum Gasteiger partial charge on any atom is 1.00 e. The summed E-state index contributed by atoms with van der Waals surface area (Å²) in [4.78, 5) is 0. The van der Waals surface area contributed by atoms with Crippen LogP contribution in [0.1, 0.15) is 0 Å². The molecule has 0 fully saturated rings. The Balaban J connectivity index is 0. The van der Waals surface area contributed by atoms with E-state index in [-0.39, 0.29) is 3460 Å². The van der Waals surface area contributed by atoms with E-state index in [0.29, 0.717) is 0 Å². The van der Waals surface area contributed by atoms with E-state index in [2.05, 4.69) is 0 Å². The predicted molar refractivity (Wildman–Crippen MR) is 50.7 cm³/mol. The summed E-state index contributed by atoms with van der Waals surface area (Å²) >= 11 is 0. The standard InChI is InChI=1S/7ClH.114Na/h7*1H;;;;;;;;;;;;;;;;;;;;;;;;;;;;;;;;;;;;;;;;;;;;;;;;;;;;;;;;;;;;;;;;;;;;;;;;;;;;;;;;;;;;;;;;;;;;;;;;;;;;;;;;;;;;;;;;;;/q;;;;;;;114*+1. The fourth-order valence-corrected chi connectivity index (χ4v) is 0. The Bertz CT molecular complexity index is 38.6. The maximum absolute atomic E-state index is 0. The molecule has 0 spiro atoms. The molecule has 0 rings (SSSR count). The van der Waals surface area contributed by atoms with Gasteiger partial charge in [0.25, 0.3) is 0 Å². The molecule has 0 aliphatic carbocycles. The number of hydrogen-bond acceptors (Lipinski definition) is 0. The second-order valence-electron chi connectivity index (χ2n) is 0. The van der Waals surface area contributed by atoms with E-state index in [0.717, 1.165) is 0 Å². The van der Waals surface area contributed by atoms with E-state index in [1.807, 2.05) is 0 Å². The Hall–Kier alpha value is 116. The molecule has 0 aliphatic heterocycles. The van der Waals surface area contributed by atoms with Gasteiger partial charge in [-0.15, -0.1) is 86.8 Å². The van der Waals surface area contributed by atoms with Gasteiger partial charge in [0, 0.05) is 0 Å². The molecular weight excluding hydrogens is 2870 g/mol. The average Bonchev–Trinajstić information content (AvgIpc) is 0.